The molecule has 1 N–H and O–H groups in total. The summed E-state index contributed by atoms with van der Waals surface area (Å²) in [7, 11) is 0. The van der Waals surface area contributed by atoms with Gasteiger partial charge in [-0.15, -0.1) is 0 Å². The third-order valence-electron chi connectivity index (χ3n) is 5.82. The Morgan fingerprint density at radius 3 is 2.57 bits per heavy atom. The maximum absolute atomic E-state index is 13.1. The lowest BCUT2D eigenvalue weighted by molar-refractivity contribution is -0.127. The topological polar surface area (TPSA) is 72.3 Å². The van der Waals surface area contributed by atoms with Crippen molar-refractivity contribution in [2.45, 2.75) is 19.9 Å². The van der Waals surface area contributed by atoms with Gasteiger partial charge in [0.15, 0.2) is 5.82 Å². The average Bonchev–Trinajstić information content (AvgIpc) is 3.18. The van der Waals surface area contributed by atoms with E-state index in [9.17, 15) is 4.79 Å². The minimum Gasteiger partial charge on any atom is -0.380 e. The fourth-order valence-corrected chi connectivity index (χ4v) is 4.08. The predicted molar refractivity (Wildman–Crippen MR) is 116 cm³/mol. The van der Waals surface area contributed by atoms with Crippen molar-refractivity contribution in [3.63, 3.8) is 0 Å². The molecule has 0 bridgehead atoms. The van der Waals surface area contributed by atoms with Crippen molar-refractivity contribution < 1.29 is 9.53 Å². The third-order valence-corrected chi connectivity index (χ3v) is 5.82. The van der Waals surface area contributed by atoms with E-state index in [0.29, 0.717) is 5.56 Å². The highest BCUT2D eigenvalue weighted by molar-refractivity contribution is 6.08. The van der Waals surface area contributed by atoms with Crippen molar-refractivity contribution >= 4 is 17.4 Å². The Morgan fingerprint density at radius 2 is 1.93 bits per heavy atom. The van der Waals surface area contributed by atoms with Crippen LogP contribution in [-0.2, 0) is 4.74 Å². The number of carbonyl (C=O) groups is 1. The molecule has 2 aromatic heterocycles. The van der Waals surface area contributed by atoms with Gasteiger partial charge in [0.1, 0.15) is 0 Å². The maximum atomic E-state index is 13.1. The Kier molecular flexibility index (Phi) is 4.55. The van der Waals surface area contributed by atoms with Crippen LogP contribution in [0.5, 0.6) is 0 Å². The number of hydrogen-bond acceptors (Lipinski definition) is 5. The Labute approximate surface area is 175 Å². The van der Waals surface area contributed by atoms with E-state index in [1.54, 1.807) is 17.1 Å². The Bertz CT molecular complexity index is 1060. The molecular weight excluding hydrogens is 378 g/mol. The molecular formula is C23H25N5O2. The van der Waals surface area contributed by atoms with Crippen LogP contribution in [0.2, 0.25) is 0 Å². The summed E-state index contributed by atoms with van der Waals surface area (Å²) >= 11 is 0. The number of ether oxygens (including phenoxy) is 1. The fraction of sp³-hybridized carbons (Fsp3) is 0.348. The number of nitrogens with zero attached hydrogens (tertiary/aromatic N) is 4. The summed E-state index contributed by atoms with van der Waals surface area (Å²) in [6.07, 6.45) is 5.20. The van der Waals surface area contributed by atoms with Crippen LogP contribution in [0.1, 0.15) is 30.2 Å². The number of nitrogens with one attached hydrogen (secondary N) is 1. The molecule has 0 aliphatic carbocycles. The lowest BCUT2D eigenvalue weighted by Crippen LogP contribution is -2.66. The molecule has 1 spiro atoms. The molecule has 7 heteroatoms. The molecule has 2 saturated heterocycles. The molecule has 0 saturated carbocycles. The second-order valence-electron chi connectivity index (χ2n) is 8.53. The highest BCUT2D eigenvalue weighted by Gasteiger charge is 2.50. The molecule has 0 unspecified atom stereocenters. The fourth-order valence-electron chi connectivity index (χ4n) is 4.08. The molecule has 2 fully saturated rings. The lowest BCUT2D eigenvalue weighted by Gasteiger charge is -2.55. The van der Waals surface area contributed by atoms with Crippen molar-refractivity contribution in [2.24, 2.45) is 5.41 Å². The number of pyridine rings is 1. The van der Waals surface area contributed by atoms with Crippen LogP contribution in [0.4, 0.5) is 11.5 Å². The SMILES string of the molecule is CC(C)n1cc(C(=O)Nc2c(-c3ccccc3)ccnc2N2CC3(COC3)C2)cn1. The van der Waals surface area contributed by atoms with Crippen LogP contribution in [0.25, 0.3) is 11.1 Å². The molecule has 3 aromatic rings. The van der Waals surface area contributed by atoms with Gasteiger partial charge >= 0.3 is 0 Å². The lowest BCUT2D eigenvalue weighted by atomic mass is 9.78. The molecule has 4 heterocycles. The first-order valence-corrected chi connectivity index (χ1v) is 10.3. The molecule has 7 nitrogen and oxygen atoms in total. The van der Waals surface area contributed by atoms with Crippen molar-refractivity contribution in [2.75, 3.05) is 36.5 Å². The van der Waals surface area contributed by atoms with Crippen LogP contribution < -0.4 is 10.2 Å². The second kappa shape index (κ2) is 7.25. The van der Waals surface area contributed by atoms with Gasteiger partial charge in [0.25, 0.3) is 5.91 Å². The van der Waals surface area contributed by atoms with E-state index >= 15 is 0 Å². The van der Waals surface area contributed by atoms with Gasteiger partial charge in [-0.05, 0) is 25.5 Å². The number of anilines is 2. The first-order valence-electron chi connectivity index (χ1n) is 10.3. The number of aromatic nitrogens is 3. The van der Waals surface area contributed by atoms with E-state index in [1.807, 2.05) is 56.4 Å². The monoisotopic (exact) mass is 403 g/mol. The zero-order valence-corrected chi connectivity index (χ0v) is 17.2. The summed E-state index contributed by atoms with van der Waals surface area (Å²) in [4.78, 5) is 19.9. The summed E-state index contributed by atoms with van der Waals surface area (Å²) in [5.74, 6) is 0.619. The van der Waals surface area contributed by atoms with Crippen molar-refractivity contribution in [3.8, 4) is 11.1 Å². The average molecular weight is 403 g/mol. The van der Waals surface area contributed by atoms with Crippen molar-refractivity contribution in [3.05, 3.63) is 60.6 Å². The van der Waals surface area contributed by atoms with E-state index in [2.05, 4.69) is 20.3 Å². The number of hydrogen-bond donors (Lipinski definition) is 1. The molecule has 2 aliphatic rings. The number of rotatable bonds is 5. The van der Waals surface area contributed by atoms with Gasteiger partial charge in [0, 0.05) is 37.1 Å². The highest BCUT2D eigenvalue weighted by atomic mass is 16.5. The maximum Gasteiger partial charge on any atom is 0.258 e. The van der Waals surface area contributed by atoms with Crippen LogP contribution in [0.3, 0.4) is 0 Å². The van der Waals surface area contributed by atoms with Gasteiger partial charge in [0.05, 0.1) is 36.1 Å². The van der Waals surface area contributed by atoms with E-state index in [1.165, 1.54) is 0 Å². The Hall–Kier alpha value is -3.19. The molecule has 5 rings (SSSR count). The molecule has 154 valence electrons. The third kappa shape index (κ3) is 3.25. The number of carbonyl (C=O) groups excluding carboxylic acids is 1. The van der Waals surface area contributed by atoms with Crippen molar-refractivity contribution in [1.82, 2.24) is 14.8 Å². The van der Waals surface area contributed by atoms with E-state index in [-0.39, 0.29) is 17.4 Å². The summed E-state index contributed by atoms with van der Waals surface area (Å²) in [6, 6.07) is 12.2. The zero-order valence-electron chi connectivity index (χ0n) is 17.2. The normalized spacial score (nSPS) is 17.0. The molecule has 0 atom stereocenters. The molecule has 2 aliphatic heterocycles. The van der Waals surface area contributed by atoms with Crippen LogP contribution in [-0.4, -0.2) is 47.0 Å². The predicted octanol–water partition coefficient (Wildman–Crippen LogP) is 3.61. The highest BCUT2D eigenvalue weighted by Crippen LogP contribution is 2.44. The van der Waals surface area contributed by atoms with Crippen LogP contribution >= 0.6 is 0 Å². The van der Waals surface area contributed by atoms with Gasteiger partial charge in [0.2, 0.25) is 0 Å². The quantitative estimate of drug-likeness (QED) is 0.705. The molecule has 0 radical (unpaired) electrons. The molecule has 30 heavy (non-hydrogen) atoms. The standard InChI is InChI=1S/C23H25N5O2/c1-16(2)28-11-18(10-25-28)22(29)26-20-19(17-6-4-3-5-7-17)8-9-24-21(20)27-12-23(13-27)14-30-15-23/h3-11,16H,12-15H2,1-2H3,(H,26,29). The van der Waals surface area contributed by atoms with Crippen LogP contribution in [0, 0.1) is 5.41 Å². The molecule has 1 aromatic carbocycles. The minimum absolute atomic E-state index is 0.185. The molecule has 1 amide bonds. The van der Waals surface area contributed by atoms with Gasteiger partial charge in [-0.2, -0.15) is 5.10 Å². The smallest absolute Gasteiger partial charge is 0.258 e. The van der Waals surface area contributed by atoms with E-state index in [4.69, 9.17) is 4.74 Å². The summed E-state index contributed by atoms with van der Waals surface area (Å²) in [5.41, 5.74) is 3.52. The van der Waals surface area contributed by atoms with E-state index in [0.717, 1.165) is 48.9 Å². The zero-order chi connectivity index (χ0) is 20.7. The van der Waals surface area contributed by atoms with Gasteiger partial charge in [-0.3, -0.25) is 9.48 Å². The van der Waals surface area contributed by atoms with Gasteiger partial charge < -0.3 is 15.0 Å². The largest absolute Gasteiger partial charge is 0.380 e. The number of amides is 1. The Balaban J connectivity index is 1.49. The minimum atomic E-state index is -0.185. The Morgan fingerprint density at radius 1 is 1.17 bits per heavy atom. The van der Waals surface area contributed by atoms with Gasteiger partial charge in [-0.1, -0.05) is 30.3 Å². The first kappa shape index (κ1) is 18.8. The first-order chi connectivity index (χ1) is 14.5. The van der Waals surface area contributed by atoms with Crippen molar-refractivity contribution in [1.29, 1.82) is 0 Å². The summed E-state index contributed by atoms with van der Waals surface area (Å²) in [6.45, 7) is 7.46. The van der Waals surface area contributed by atoms with Gasteiger partial charge in [-0.25, -0.2) is 4.98 Å². The number of benzene rings is 1. The summed E-state index contributed by atoms with van der Waals surface area (Å²) < 4.78 is 7.19. The van der Waals surface area contributed by atoms with Crippen LogP contribution in [0.15, 0.2) is 55.0 Å². The second-order valence-corrected chi connectivity index (χ2v) is 8.53. The van der Waals surface area contributed by atoms with E-state index < -0.39 is 0 Å². The summed E-state index contributed by atoms with van der Waals surface area (Å²) in [5, 5.41) is 7.43.